The van der Waals surface area contributed by atoms with Gasteiger partial charge in [-0.15, -0.1) is 0 Å². The van der Waals surface area contributed by atoms with Crippen LogP contribution in [0.15, 0.2) is 29.4 Å². The van der Waals surface area contributed by atoms with Gasteiger partial charge in [-0.05, 0) is 69.0 Å². The number of methoxy groups -OCH3 is 1. The summed E-state index contributed by atoms with van der Waals surface area (Å²) >= 11 is 0. The Kier molecular flexibility index (Phi) is 6.54. The van der Waals surface area contributed by atoms with Gasteiger partial charge in [-0.1, -0.05) is 24.4 Å². The molecule has 1 aliphatic carbocycles. The molecule has 0 amide bonds. The molecule has 0 bridgehead atoms. The van der Waals surface area contributed by atoms with E-state index in [-0.39, 0.29) is 5.54 Å². The van der Waals surface area contributed by atoms with E-state index in [9.17, 15) is 5.11 Å². The lowest BCUT2D eigenvalue weighted by atomic mass is 9.73. The van der Waals surface area contributed by atoms with Gasteiger partial charge in [-0.2, -0.15) is 0 Å². The lowest BCUT2D eigenvalue weighted by Crippen LogP contribution is -2.58. The molecule has 0 atom stereocenters. The Hall–Kier alpha value is -1.59. The van der Waals surface area contributed by atoms with Crippen molar-refractivity contribution in [1.82, 2.24) is 4.90 Å². The number of hydrogen-bond acceptors (Lipinski definition) is 5. The van der Waals surface area contributed by atoms with Gasteiger partial charge in [0.1, 0.15) is 18.6 Å². The second-order valence-corrected chi connectivity index (χ2v) is 7.56. The molecule has 3 rings (SSSR count). The fourth-order valence-electron chi connectivity index (χ4n) is 4.63. The van der Waals surface area contributed by atoms with Crippen LogP contribution in [0.3, 0.4) is 0 Å². The summed E-state index contributed by atoms with van der Waals surface area (Å²) in [7, 11) is 3.32. The average molecular weight is 360 g/mol. The number of likely N-dealkylation sites (tertiary alicyclic amines) is 1. The highest BCUT2D eigenvalue weighted by Crippen LogP contribution is 2.39. The highest BCUT2D eigenvalue weighted by atomic mass is 16.6. The largest absolute Gasteiger partial charge is 0.497 e. The third kappa shape index (κ3) is 3.89. The van der Waals surface area contributed by atoms with E-state index in [4.69, 9.17) is 9.57 Å². The Morgan fingerprint density at radius 2 is 1.77 bits per heavy atom. The quantitative estimate of drug-likeness (QED) is 0.624. The number of aliphatic hydroxyl groups is 1. The van der Waals surface area contributed by atoms with Crippen LogP contribution in [0.2, 0.25) is 0 Å². The number of piperidine rings is 1. The minimum atomic E-state index is -0.0662. The molecule has 5 heteroatoms. The molecule has 1 heterocycles. The smallest absolute Gasteiger partial charge is 0.118 e. The molecule has 0 radical (unpaired) electrons. The second-order valence-electron chi connectivity index (χ2n) is 7.56. The third-order valence-electron chi connectivity index (χ3n) is 6.15. The molecule has 1 aliphatic heterocycles. The molecule has 0 aromatic heterocycles. The van der Waals surface area contributed by atoms with Crippen molar-refractivity contribution in [2.45, 2.75) is 50.5 Å². The van der Waals surface area contributed by atoms with Gasteiger partial charge in [0.15, 0.2) is 0 Å². The fourth-order valence-corrected chi connectivity index (χ4v) is 4.63. The lowest BCUT2D eigenvalue weighted by molar-refractivity contribution is 0.0511. The van der Waals surface area contributed by atoms with E-state index in [1.807, 2.05) is 12.1 Å². The Morgan fingerprint density at radius 3 is 2.31 bits per heavy atom. The van der Waals surface area contributed by atoms with Crippen molar-refractivity contribution < 1.29 is 14.7 Å². The van der Waals surface area contributed by atoms with Gasteiger partial charge in [-0.3, -0.25) is 4.90 Å². The number of hydrogen-bond donors (Lipinski definition) is 1. The molecular weight excluding hydrogens is 328 g/mol. The van der Waals surface area contributed by atoms with Crippen LogP contribution in [0.25, 0.3) is 0 Å². The summed E-state index contributed by atoms with van der Waals surface area (Å²) in [6.07, 6.45) is 8.08. The van der Waals surface area contributed by atoms with Crippen molar-refractivity contribution >= 4 is 5.71 Å². The van der Waals surface area contributed by atoms with Crippen molar-refractivity contribution in [2.75, 3.05) is 33.9 Å². The Morgan fingerprint density at radius 1 is 1.12 bits per heavy atom. The first-order chi connectivity index (χ1) is 12.7. The Bertz CT molecular complexity index is 586. The van der Waals surface area contributed by atoms with Crippen molar-refractivity contribution in [1.29, 1.82) is 0 Å². The number of aliphatic hydroxyl groups excluding tert-OH is 1. The molecule has 5 nitrogen and oxygen atoms in total. The molecule has 0 spiro atoms. The summed E-state index contributed by atoms with van der Waals surface area (Å²) in [5.41, 5.74) is 2.09. The van der Waals surface area contributed by atoms with E-state index in [1.165, 1.54) is 19.3 Å². The van der Waals surface area contributed by atoms with E-state index in [0.717, 1.165) is 55.8 Å². The third-order valence-corrected chi connectivity index (χ3v) is 6.15. The predicted molar refractivity (Wildman–Crippen MR) is 104 cm³/mol. The molecule has 2 fully saturated rings. The van der Waals surface area contributed by atoms with Gasteiger partial charge in [0.25, 0.3) is 0 Å². The molecule has 26 heavy (non-hydrogen) atoms. The highest BCUT2D eigenvalue weighted by molar-refractivity contribution is 6.07. The SMILES string of the molecule is CON=C(c1ccc(OC)cc1)C1(N2CCC(CO)CC2)CCCCC1. The minimum Gasteiger partial charge on any atom is -0.497 e. The summed E-state index contributed by atoms with van der Waals surface area (Å²) < 4.78 is 5.31. The van der Waals surface area contributed by atoms with E-state index >= 15 is 0 Å². The number of oxime groups is 1. The van der Waals surface area contributed by atoms with E-state index in [0.29, 0.717) is 12.5 Å². The van der Waals surface area contributed by atoms with Gasteiger partial charge >= 0.3 is 0 Å². The Balaban J connectivity index is 1.94. The molecule has 1 saturated carbocycles. The maximum atomic E-state index is 9.50. The molecule has 1 N–H and O–H groups in total. The zero-order valence-electron chi connectivity index (χ0n) is 16.1. The monoisotopic (exact) mass is 360 g/mol. The molecule has 144 valence electrons. The summed E-state index contributed by atoms with van der Waals surface area (Å²) in [6.45, 7) is 2.34. The van der Waals surface area contributed by atoms with E-state index in [2.05, 4.69) is 22.2 Å². The predicted octanol–water partition coefficient (Wildman–Crippen LogP) is 3.45. The molecular formula is C21H32N2O3. The van der Waals surface area contributed by atoms with Crippen LogP contribution >= 0.6 is 0 Å². The number of nitrogens with zero attached hydrogens (tertiary/aromatic N) is 2. The number of benzene rings is 1. The molecule has 1 aromatic rings. The number of rotatable bonds is 6. The van der Waals surface area contributed by atoms with Crippen LogP contribution in [0.5, 0.6) is 5.75 Å². The topological polar surface area (TPSA) is 54.3 Å². The van der Waals surface area contributed by atoms with Gasteiger partial charge in [0, 0.05) is 12.2 Å². The van der Waals surface area contributed by atoms with Crippen molar-refractivity contribution in [3.8, 4) is 5.75 Å². The van der Waals surface area contributed by atoms with Crippen LogP contribution in [0, 0.1) is 5.92 Å². The van der Waals surface area contributed by atoms with Crippen molar-refractivity contribution in [3.05, 3.63) is 29.8 Å². The fraction of sp³-hybridized carbons (Fsp3) is 0.667. The summed E-state index contributed by atoms with van der Waals surface area (Å²) in [6, 6.07) is 8.17. The molecule has 2 aliphatic rings. The lowest BCUT2D eigenvalue weighted by Gasteiger charge is -2.49. The summed E-state index contributed by atoms with van der Waals surface area (Å²) in [5.74, 6) is 1.29. The summed E-state index contributed by atoms with van der Waals surface area (Å²) in [4.78, 5) is 7.93. The first-order valence-corrected chi connectivity index (χ1v) is 9.85. The van der Waals surface area contributed by atoms with Crippen LogP contribution in [0.1, 0.15) is 50.5 Å². The zero-order chi connectivity index (χ0) is 18.4. The summed E-state index contributed by atoms with van der Waals surface area (Å²) in [5, 5.41) is 14.0. The van der Waals surface area contributed by atoms with Gasteiger partial charge < -0.3 is 14.7 Å². The molecule has 1 aromatic carbocycles. The van der Waals surface area contributed by atoms with Gasteiger partial charge in [-0.25, -0.2) is 0 Å². The first kappa shape index (κ1) is 19.2. The highest BCUT2D eigenvalue weighted by Gasteiger charge is 2.44. The molecule has 0 unspecified atom stereocenters. The molecule has 1 saturated heterocycles. The van der Waals surface area contributed by atoms with Crippen molar-refractivity contribution in [3.63, 3.8) is 0 Å². The second kappa shape index (κ2) is 8.87. The first-order valence-electron chi connectivity index (χ1n) is 9.85. The Labute approximate surface area is 157 Å². The standard InChI is InChI=1S/C21H32N2O3/c1-25-19-8-6-18(7-9-19)20(22-26-2)21(12-4-3-5-13-21)23-14-10-17(16-24)11-15-23/h6-9,17,24H,3-5,10-16H2,1-2H3. The van der Waals surface area contributed by atoms with E-state index in [1.54, 1.807) is 14.2 Å². The van der Waals surface area contributed by atoms with Crippen molar-refractivity contribution in [2.24, 2.45) is 11.1 Å². The zero-order valence-corrected chi connectivity index (χ0v) is 16.1. The average Bonchev–Trinajstić information content (AvgIpc) is 2.72. The van der Waals surface area contributed by atoms with Crippen LogP contribution in [0.4, 0.5) is 0 Å². The van der Waals surface area contributed by atoms with Crippen LogP contribution < -0.4 is 4.74 Å². The number of ether oxygens (including phenoxy) is 1. The van der Waals surface area contributed by atoms with E-state index < -0.39 is 0 Å². The maximum Gasteiger partial charge on any atom is 0.118 e. The normalized spacial score (nSPS) is 22.2. The minimum absolute atomic E-state index is 0.0662. The van der Waals surface area contributed by atoms with Gasteiger partial charge in [0.05, 0.1) is 12.6 Å². The van der Waals surface area contributed by atoms with Gasteiger partial charge in [0.2, 0.25) is 0 Å². The van der Waals surface area contributed by atoms with Crippen LogP contribution in [-0.4, -0.2) is 55.2 Å². The maximum absolute atomic E-state index is 9.50. The van der Waals surface area contributed by atoms with Crippen LogP contribution in [-0.2, 0) is 4.84 Å².